The number of nitrogens with zero attached hydrogens (tertiary/aromatic N) is 1. The summed E-state index contributed by atoms with van der Waals surface area (Å²) in [5.74, 6) is 1.30. The normalized spacial score (nSPS) is 21.9. The van der Waals surface area contributed by atoms with Gasteiger partial charge in [0.25, 0.3) is 0 Å². The highest BCUT2D eigenvalue weighted by molar-refractivity contribution is 6.33. The van der Waals surface area contributed by atoms with Crippen molar-refractivity contribution in [3.8, 4) is 5.75 Å². The highest BCUT2D eigenvalue weighted by Gasteiger charge is 2.22. The highest BCUT2D eigenvalue weighted by Crippen LogP contribution is 2.29. The van der Waals surface area contributed by atoms with Crippen LogP contribution in [0.1, 0.15) is 30.6 Å². The van der Waals surface area contributed by atoms with Crippen LogP contribution in [0.3, 0.4) is 0 Å². The summed E-state index contributed by atoms with van der Waals surface area (Å²) in [7, 11) is 1.48. The number of halogens is 1. The zero-order chi connectivity index (χ0) is 17.0. The number of hydrogen-bond donors (Lipinski definition) is 1. The maximum atomic E-state index is 12.2. The number of methoxy groups -OCH3 is 1. The van der Waals surface area contributed by atoms with Gasteiger partial charge in [0.05, 0.1) is 17.8 Å². The quantitative estimate of drug-likeness (QED) is 0.659. The minimum Gasteiger partial charge on any atom is -0.496 e. The number of carbonyl (C=O) groups is 1. The number of esters is 1. The second kappa shape index (κ2) is 7.88. The van der Waals surface area contributed by atoms with E-state index in [9.17, 15) is 4.79 Å². The third-order valence-electron chi connectivity index (χ3n) is 4.12. The van der Waals surface area contributed by atoms with E-state index in [4.69, 9.17) is 26.8 Å². The molecule has 23 heavy (non-hydrogen) atoms. The Balaban J connectivity index is 1.91. The van der Waals surface area contributed by atoms with Crippen LogP contribution in [-0.2, 0) is 4.74 Å². The molecule has 0 saturated carbocycles. The van der Waals surface area contributed by atoms with Gasteiger partial charge in [0.1, 0.15) is 17.9 Å². The molecule has 128 valence electrons. The fourth-order valence-electron chi connectivity index (χ4n) is 3.22. The first-order valence-electron chi connectivity index (χ1n) is 7.93. The van der Waals surface area contributed by atoms with Crippen molar-refractivity contribution in [2.75, 3.05) is 39.1 Å². The Kier molecular flexibility index (Phi) is 6.13. The summed E-state index contributed by atoms with van der Waals surface area (Å²) in [6.45, 7) is 7.72. The average molecular weight is 341 g/mol. The molecule has 1 heterocycles. The van der Waals surface area contributed by atoms with Crippen LogP contribution in [0.4, 0.5) is 5.69 Å². The Labute approximate surface area is 142 Å². The summed E-state index contributed by atoms with van der Waals surface area (Å²) in [4.78, 5) is 14.6. The zero-order valence-electron chi connectivity index (χ0n) is 14.0. The third kappa shape index (κ3) is 4.75. The molecule has 0 radical (unpaired) electrons. The van der Waals surface area contributed by atoms with Gasteiger partial charge in [-0.3, -0.25) is 4.90 Å². The van der Waals surface area contributed by atoms with E-state index < -0.39 is 5.97 Å². The third-order valence-corrected chi connectivity index (χ3v) is 4.45. The lowest BCUT2D eigenvalue weighted by Gasteiger charge is -2.34. The molecule has 1 saturated heterocycles. The standard InChI is InChI=1S/C17H25ClN2O3/c1-11-6-12(2)10-20(9-11)4-5-23-17(21)13-7-14(18)15(19)8-16(13)22-3/h7-8,11-12H,4-6,9-10,19H2,1-3H3/t11-,12-/m1/s1. The van der Waals surface area contributed by atoms with Crippen LogP contribution in [0.2, 0.25) is 5.02 Å². The number of hydrogen-bond acceptors (Lipinski definition) is 5. The molecule has 2 atom stereocenters. The Hall–Kier alpha value is -1.46. The molecule has 1 aromatic carbocycles. The molecule has 1 aromatic rings. The fraction of sp³-hybridized carbons (Fsp3) is 0.588. The van der Waals surface area contributed by atoms with E-state index in [0.717, 1.165) is 19.6 Å². The van der Waals surface area contributed by atoms with Gasteiger partial charge < -0.3 is 15.2 Å². The van der Waals surface area contributed by atoms with E-state index in [1.165, 1.54) is 25.7 Å². The number of ether oxygens (including phenoxy) is 2. The smallest absolute Gasteiger partial charge is 0.342 e. The van der Waals surface area contributed by atoms with Crippen molar-refractivity contribution in [1.82, 2.24) is 4.90 Å². The van der Waals surface area contributed by atoms with Crippen molar-refractivity contribution in [2.24, 2.45) is 11.8 Å². The van der Waals surface area contributed by atoms with Crippen molar-refractivity contribution in [3.05, 3.63) is 22.7 Å². The van der Waals surface area contributed by atoms with Gasteiger partial charge in [0.2, 0.25) is 0 Å². The molecule has 0 aromatic heterocycles. The highest BCUT2D eigenvalue weighted by atomic mass is 35.5. The zero-order valence-corrected chi connectivity index (χ0v) is 14.7. The summed E-state index contributed by atoms with van der Waals surface area (Å²) in [5.41, 5.74) is 6.39. The Bertz CT molecular complexity index is 555. The molecule has 0 unspecified atom stereocenters. The van der Waals surface area contributed by atoms with Crippen molar-refractivity contribution in [3.63, 3.8) is 0 Å². The van der Waals surface area contributed by atoms with Crippen molar-refractivity contribution >= 4 is 23.3 Å². The summed E-state index contributed by atoms with van der Waals surface area (Å²) in [6.07, 6.45) is 1.26. The average Bonchev–Trinajstić information content (AvgIpc) is 2.48. The predicted octanol–water partition coefficient (Wildman–Crippen LogP) is 3.07. The number of benzene rings is 1. The van der Waals surface area contributed by atoms with Crippen LogP contribution in [0.25, 0.3) is 0 Å². The van der Waals surface area contributed by atoms with Gasteiger partial charge in [-0.2, -0.15) is 0 Å². The van der Waals surface area contributed by atoms with Crippen molar-refractivity contribution in [2.45, 2.75) is 20.3 Å². The fourth-order valence-corrected chi connectivity index (χ4v) is 3.38. The molecular weight excluding hydrogens is 316 g/mol. The maximum Gasteiger partial charge on any atom is 0.342 e. The monoisotopic (exact) mass is 340 g/mol. The van der Waals surface area contributed by atoms with E-state index in [-0.39, 0.29) is 0 Å². The first-order valence-corrected chi connectivity index (χ1v) is 8.31. The van der Waals surface area contributed by atoms with Crippen LogP contribution in [0.15, 0.2) is 12.1 Å². The first kappa shape index (κ1) is 17.9. The van der Waals surface area contributed by atoms with E-state index in [1.807, 2.05) is 0 Å². The number of piperidine rings is 1. The van der Waals surface area contributed by atoms with Crippen molar-refractivity contribution in [1.29, 1.82) is 0 Å². The number of rotatable bonds is 5. The number of nitrogen functional groups attached to an aromatic ring is 1. The molecule has 0 aliphatic carbocycles. The maximum absolute atomic E-state index is 12.2. The Morgan fingerprint density at radius 3 is 2.61 bits per heavy atom. The van der Waals surface area contributed by atoms with Gasteiger partial charge in [-0.25, -0.2) is 4.79 Å². The molecule has 1 fully saturated rings. The van der Waals surface area contributed by atoms with Gasteiger partial charge in [-0.15, -0.1) is 0 Å². The van der Waals surface area contributed by atoms with Gasteiger partial charge in [0, 0.05) is 25.7 Å². The molecule has 0 bridgehead atoms. The number of nitrogens with two attached hydrogens (primary N) is 1. The van der Waals surface area contributed by atoms with Crippen LogP contribution in [0.5, 0.6) is 5.75 Å². The van der Waals surface area contributed by atoms with Gasteiger partial charge in [-0.05, 0) is 24.3 Å². The number of anilines is 1. The lowest BCUT2D eigenvalue weighted by Crippen LogP contribution is -2.40. The molecule has 1 aliphatic heterocycles. The Morgan fingerprint density at radius 2 is 2.00 bits per heavy atom. The van der Waals surface area contributed by atoms with E-state index >= 15 is 0 Å². The molecular formula is C17H25ClN2O3. The SMILES string of the molecule is COc1cc(N)c(Cl)cc1C(=O)OCCN1C[C@H](C)C[C@@H](C)C1. The summed E-state index contributed by atoms with van der Waals surface area (Å²) < 4.78 is 10.6. The van der Waals surface area contributed by atoms with Crippen molar-refractivity contribution < 1.29 is 14.3 Å². The molecule has 6 heteroatoms. The summed E-state index contributed by atoms with van der Waals surface area (Å²) in [5, 5.41) is 0.316. The molecule has 0 spiro atoms. The predicted molar refractivity (Wildman–Crippen MR) is 92.1 cm³/mol. The van der Waals surface area contributed by atoms with Gasteiger partial charge in [-0.1, -0.05) is 25.4 Å². The number of carbonyl (C=O) groups excluding carboxylic acids is 1. The molecule has 0 amide bonds. The lowest BCUT2D eigenvalue weighted by molar-refractivity contribution is 0.0412. The van der Waals surface area contributed by atoms with Gasteiger partial charge >= 0.3 is 5.97 Å². The number of likely N-dealkylation sites (tertiary alicyclic amines) is 1. The van der Waals surface area contributed by atoms with Crippen LogP contribution in [-0.4, -0.2) is 44.2 Å². The van der Waals surface area contributed by atoms with Crippen LogP contribution < -0.4 is 10.5 Å². The second-order valence-electron chi connectivity index (χ2n) is 6.42. The molecule has 1 aliphatic rings. The van der Waals surface area contributed by atoms with E-state index in [0.29, 0.717) is 40.5 Å². The minimum absolute atomic E-state index is 0.298. The second-order valence-corrected chi connectivity index (χ2v) is 6.82. The molecule has 5 nitrogen and oxygen atoms in total. The Morgan fingerprint density at radius 1 is 1.35 bits per heavy atom. The van der Waals surface area contributed by atoms with Gasteiger partial charge in [0.15, 0.2) is 0 Å². The summed E-state index contributed by atoms with van der Waals surface area (Å²) in [6, 6.07) is 3.02. The topological polar surface area (TPSA) is 64.8 Å². The summed E-state index contributed by atoms with van der Waals surface area (Å²) >= 11 is 5.98. The largest absolute Gasteiger partial charge is 0.496 e. The lowest BCUT2D eigenvalue weighted by atomic mass is 9.92. The molecule has 2 N–H and O–H groups in total. The first-order chi connectivity index (χ1) is 10.9. The van der Waals surface area contributed by atoms with Crippen LogP contribution in [0, 0.1) is 11.8 Å². The van der Waals surface area contributed by atoms with E-state index in [2.05, 4.69) is 18.7 Å². The van der Waals surface area contributed by atoms with Crippen LogP contribution >= 0.6 is 11.6 Å². The van der Waals surface area contributed by atoms with E-state index in [1.54, 1.807) is 0 Å². The molecule has 2 rings (SSSR count). The minimum atomic E-state index is -0.443.